The topological polar surface area (TPSA) is 12.9 Å². The summed E-state index contributed by atoms with van der Waals surface area (Å²) < 4.78 is 15.2. The average Bonchev–Trinajstić information content (AvgIpc) is 2.32. The predicted octanol–water partition coefficient (Wildman–Crippen LogP) is 4.60. The van der Waals surface area contributed by atoms with Gasteiger partial charge in [-0.15, -0.1) is 0 Å². The highest BCUT2D eigenvalue weighted by molar-refractivity contribution is 14.1. The standard InChI is InChI=1S/C14H11FIN/c1-10-8-17-9-14(13(10)5-6-16)11-3-2-4-12(15)7-11/h2-9H,1H3/b6-5-. The van der Waals surface area contributed by atoms with Gasteiger partial charge in [-0.3, -0.25) is 4.98 Å². The quantitative estimate of drug-likeness (QED) is 0.729. The number of aromatic nitrogens is 1. The second-order valence-corrected chi connectivity index (χ2v) is 4.44. The van der Waals surface area contributed by atoms with E-state index in [9.17, 15) is 4.39 Å². The van der Waals surface area contributed by atoms with Gasteiger partial charge in [0.15, 0.2) is 0 Å². The van der Waals surface area contributed by atoms with Gasteiger partial charge in [0.2, 0.25) is 0 Å². The Kier molecular flexibility index (Phi) is 3.89. The molecule has 2 aromatic rings. The lowest BCUT2D eigenvalue weighted by atomic mass is 9.99. The van der Waals surface area contributed by atoms with Gasteiger partial charge >= 0.3 is 0 Å². The highest BCUT2D eigenvalue weighted by Crippen LogP contribution is 2.27. The molecule has 0 atom stereocenters. The minimum absolute atomic E-state index is 0.228. The summed E-state index contributed by atoms with van der Waals surface area (Å²) in [5, 5.41) is 0. The summed E-state index contributed by atoms with van der Waals surface area (Å²) in [5.41, 5.74) is 3.97. The van der Waals surface area contributed by atoms with Gasteiger partial charge in [-0.25, -0.2) is 4.39 Å². The van der Waals surface area contributed by atoms with E-state index in [2.05, 4.69) is 27.6 Å². The molecule has 1 aromatic heterocycles. The SMILES string of the molecule is Cc1cncc(-c2cccc(F)c2)c1/C=C\I. The zero-order valence-corrected chi connectivity index (χ0v) is 11.5. The van der Waals surface area contributed by atoms with Crippen LogP contribution in [0.1, 0.15) is 11.1 Å². The Morgan fingerprint density at radius 2 is 2.12 bits per heavy atom. The first-order valence-electron chi connectivity index (χ1n) is 5.19. The van der Waals surface area contributed by atoms with Crippen molar-refractivity contribution in [3.63, 3.8) is 0 Å². The normalized spacial score (nSPS) is 11.0. The van der Waals surface area contributed by atoms with Crippen molar-refractivity contribution in [3.8, 4) is 11.1 Å². The van der Waals surface area contributed by atoms with E-state index in [1.807, 2.05) is 29.3 Å². The molecule has 2 rings (SSSR count). The molecule has 0 aliphatic carbocycles. The van der Waals surface area contributed by atoms with Gasteiger partial charge in [-0.1, -0.05) is 34.7 Å². The van der Waals surface area contributed by atoms with Crippen LogP contribution in [0, 0.1) is 12.7 Å². The van der Waals surface area contributed by atoms with Crippen LogP contribution in [-0.4, -0.2) is 4.98 Å². The highest BCUT2D eigenvalue weighted by atomic mass is 127. The van der Waals surface area contributed by atoms with E-state index in [1.54, 1.807) is 12.3 Å². The Morgan fingerprint density at radius 3 is 2.82 bits per heavy atom. The molecule has 0 radical (unpaired) electrons. The van der Waals surface area contributed by atoms with Crippen molar-refractivity contribution in [2.24, 2.45) is 0 Å². The average molecular weight is 339 g/mol. The van der Waals surface area contributed by atoms with Gasteiger partial charge in [-0.05, 0) is 45.9 Å². The number of rotatable bonds is 2. The van der Waals surface area contributed by atoms with Gasteiger partial charge in [0.05, 0.1) is 0 Å². The van der Waals surface area contributed by atoms with Gasteiger partial charge in [-0.2, -0.15) is 0 Å². The van der Waals surface area contributed by atoms with E-state index in [0.717, 1.165) is 22.3 Å². The van der Waals surface area contributed by atoms with Crippen LogP contribution in [0.3, 0.4) is 0 Å². The van der Waals surface area contributed by atoms with Crippen molar-refractivity contribution < 1.29 is 4.39 Å². The van der Waals surface area contributed by atoms with Crippen molar-refractivity contribution in [1.82, 2.24) is 4.98 Å². The monoisotopic (exact) mass is 339 g/mol. The van der Waals surface area contributed by atoms with Crippen LogP contribution in [0.2, 0.25) is 0 Å². The molecule has 1 nitrogen and oxygen atoms in total. The Balaban J connectivity index is 2.63. The Bertz CT molecular complexity index is 564. The number of hydrogen-bond acceptors (Lipinski definition) is 1. The molecular formula is C14H11FIN. The van der Waals surface area contributed by atoms with E-state index >= 15 is 0 Å². The Labute approximate surface area is 114 Å². The first-order chi connectivity index (χ1) is 8.22. The van der Waals surface area contributed by atoms with Crippen LogP contribution in [-0.2, 0) is 0 Å². The minimum atomic E-state index is -0.228. The molecule has 0 amide bonds. The molecule has 0 N–H and O–H groups in total. The molecule has 0 bridgehead atoms. The van der Waals surface area contributed by atoms with E-state index in [1.165, 1.54) is 12.1 Å². The molecule has 0 saturated heterocycles. The van der Waals surface area contributed by atoms with Crippen LogP contribution < -0.4 is 0 Å². The highest BCUT2D eigenvalue weighted by Gasteiger charge is 2.06. The second-order valence-electron chi connectivity index (χ2n) is 3.72. The van der Waals surface area contributed by atoms with Crippen LogP contribution in [0.25, 0.3) is 17.2 Å². The zero-order chi connectivity index (χ0) is 12.3. The smallest absolute Gasteiger partial charge is 0.123 e. The van der Waals surface area contributed by atoms with Gasteiger partial charge in [0.25, 0.3) is 0 Å². The van der Waals surface area contributed by atoms with Crippen LogP contribution in [0.4, 0.5) is 4.39 Å². The summed E-state index contributed by atoms with van der Waals surface area (Å²) in [6.07, 6.45) is 5.60. The Morgan fingerprint density at radius 1 is 1.29 bits per heavy atom. The van der Waals surface area contributed by atoms with E-state index in [0.29, 0.717) is 0 Å². The third-order valence-electron chi connectivity index (χ3n) is 2.55. The van der Waals surface area contributed by atoms with E-state index in [-0.39, 0.29) is 5.82 Å². The van der Waals surface area contributed by atoms with Gasteiger partial charge < -0.3 is 0 Å². The fourth-order valence-corrected chi connectivity index (χ4v) is 2.10. The maximum Gasteiger partial charge on any atom is 0.123 e. The lowest BCUT2D eigenvalue weighted by Crippen LogP contribution is -1.90. The van der Waals surface area contributed by atoms with Crippen LogP contribution >= 0.6 is 22.6 Å². The minimum Gasteiger partial charge on any atom is -0.264 e. The zero-order valence-electron chi connectivity index (χ0n) is 9.32. The van der Waals surface area contributed by atoms with E-state index in [4.69, 9.17) is 0 Å². The molecule has 0 aliphatic heterocycles. The molecule has 17 heavy (non-hydrogen) atoms. The lowest BCUT2D eigenvalue weighted by molar-refractivity contribution is 0.628. The van der Waals surface area contributed by atoms with Crippen LogP contribution in [0.15, 0.2) is 40.7 Å². The fraction of sp³-hybridized carbons (Fsp3) is 0.0714. The Hall–Kier alpha value is -1.23. The van der Waals surface area contributed by atoms with Crippen LogP contribution in [0.5, 0.6) is 0 Å². The largest absolute Gasteiger partial charge is 0.264 e. The summed E-state index contributed by atoms with van der Waals surface area (Å²) in [4.78, 5) is 4.17. The van der Waals surface area contributed by atoms with Gasteiger partial charge in [0.1, 0.15) is 5.82 Å². The molecule has 0 spiro atoms. The van der Waals surface area contributed by atoms with Crippen molar-refractivity contribution in [2.75, 3.05) is 0 Å². The molecule has 1 heterocycles. The molecule has 1 aromatic carbocycles. The third-order valence-corrected chi connectivity index (χ3v) is 2.91. The molecule has 0 aliphatic rings. The fourth-order valence-electron chi connectivity index (χ4n) is 1.75. The summed E-state index contributed by atoms with van der Waals surface area (Å²) >= 11 is 2.18. The van der Waals surface area contributed by atoms with Crippen molar-refractivity contribution in [1.29, 1.82) is 0 Å². The predicted molar refractivity (Wildman–Crippen MR) is 77.4 cm³/mol. The maximum atomic E-state index is 13.2. The molecule has 0 saturated carbocycles. The first kappa shape index (κ1) is 12.2. The number of aryl methyl sites for hydroxylation is 1. The summed E-state index contributed by atoms with van der Waals surface area (Å²) in [7, 11) is 0. The number of pyridine rings is 1. The number of halogens is 2. The van der Waals surface area contributed by atoms with E-state index < -0.39 is 0 Å². The number of nitrogens with zero attached hydrogens (tertiary/aromatic N) is 1. The van der Waals surface area contributed by atoms with Crippen molar-refractivity contribution in [2.45, 2.75) is 6.92 Å². The molecule has 0 fully saturated rings. The molecule has 0 unspecified atom stereocenters. The number of benzene rings is 1. The lowest BCUT2D eigenvalue weighted by Gasteiger charge is -2.08. The third kappa shape index (κ3) is 2.72. The van der Waals surface area contributed by atoms with Crippen molar-refractivity contribution in [3.05, 3.63) is 57.7 Å². The summed E-state index contributed by atoms with van der Waals surface area (Å²) in [6, 6.07) is 6.58. The van der Waals surface area contributed by atoms with Crippen molar-refractivity contribution >= 4 is 28.7 Å². The summed E-state index contributed by atoms with van der Waals surface area (Å²) in [5.74, 6) is -0.228. The summed E-state index contributed by atoms with van der Waals surface area (Å²) in [6.45, 7) is 2.00. The maximum absolute atomic E-state index is 13.2. The molecule has 3 heteroatoms. The number of hydrogen-bond donors (Lipinski definition) is 0. The second kappa shape index (κ2) is 5.40. The molecule has 86 valence electrons. The first-order valence-corrected chi connectivity index (χ1v) is 6.44. The van der Waals surface area contributed by atoms with Gasteiger partial charge in [0, 0.05) is 18.0 Å². The molecular weight excluding hydrogens is 328 g/mol.